The highest BCUT2D eigenvalue weighted by Gasteiger charge is 2.03. The van der Waals surface area contributed by atoms with Gasteiger partial charge in [-0.15, -0.1) is 0 Å². The van der Waals surface area contributed by atoms with E-state index < -0.39 is 0 Å². The summed E-state index contributed by atoms with van der Waals surface area (Å²) in [7, 11) is 0. The molecule has 0 fully saturated rings. The predicted octanol–water partition coefficient (Wildman–Crippen LogP) is 3.08. The molecule has 0 amide bonds. The first-order valence-electron chi connectivity index (χ1n) is 6.37. The van der Waals surface area contributed by atoms with Crippen molar-refractivity contribution in [3.05, 3.63) is 73.2 Å². The van der Waals surface area contributed by atoms with Crippen molar-refractivity contribution in [3.63, 3.8) is 0 Å². The van der Waals surface area contributed by atoms with Crippen molar-refractivity contribution in [2.45, 2.75) is 0 Å². The molecule has 5 nitrogen and oxygen atoms in total. The van der Waals surface area contributed by atoms with Crippen LogP contribution >= 0.6 is 0 Å². The molecule has 1 aliphatic heterocycles. The van der Waals surface area contributed by atoms with Crippen molar-refractivity contribution in [3.8, 4) is 0 Å². The molecule has 1 aliphatic carbocycles. The van der Waals surface area contributed by atoms with Crippen LogP contribution in [-0.2, 0) is 9.47 Å². The van der Waals surface area contributed by atoms with Crippen LogP contribution in [0.4, 0.5) is 0 Å². The molecule has 0 bridgehead atoms. The molecule has 0 aromatic carbocycles. The summed E-state index contributed by atoms with van der Waals surface area (Å²) in [5, 5.41) is 0. The quantitative estimate of drug-likeness (QED) is 0.685. The monoisotopic (exact) mass is 281 g/mol. The van der Waals surface area contributed by atoms with E-state index in [4.69, 9.17) is 9.47 Å². The molecule has 0 radical (unpaired) electrons. The minimum absolute atomic E-state index is 0.455. The number of hydrogen-bond donors (Lipinski definition) is 0. The lowest BCUT2D eigenvalue weighted by Crippen LogP contribution is -1.97. The molecule has 0 N–H and O–H groups in total. The molecule has 0 atom stereocenters. The SMILES string of the molecule is C1=CC2=NC=N/C=C\C=C/CO/C=C\O/C=C\N=CC2=C1. The molecule has 2 aliphatic rings. The first-order valence-corrected chi connectivity index (χ1v) is 6.37. The Morgan fingerprint density at radius 2 is 1.95 bits per heavy atom. The summed E-state index contributed by atoms with van der Waals surface area (Å²) in [6, 6.07) is 0. The number of aliphatic imine (C=N–C) groups is 3. The van der Waals surface area contributed by atoms with E-state index in [1.165, 1.54) is 25.1 Å². The number of allylic oxidation sites excluding steroid dienone is 6. The summed E-state index contributed by atoms with van der Waals surface area (Å²) in [6.45, 7) is 0.455. The maximum Gasteiger partial charge on any atom is 0.125 e. The van der Waals surface area contributed by atoms with Crippen molar-refractivity contribution in [1.82, 2.24) is 0 Å². The highest BCUT2D eigenvalue weighted by Crippen LogP contribution is 2.06. The zero-order chi connectivity index (χ0) is 14.6. The van der Waals surface area contributed by atoms with Gasteiger partial charge in [-0.1, -0.05) is 18.2 Å². The second-order valence-corrected chi connectivity index (χ2v) is 3.83. The van der Waals surface area contributed by atoms with Crippen LogP contribution in [0, 0.1) is 0 Å². The van der Waals surface area contributed by atoms with Gasteiger partial charge in [-0.3, -0.25) is 4.99 Å². The Labute approximate surface area is 123 Å². The first-order chi connectivity index (χ1) is 10.5. The fraction of sp³-hybridized carbons (Fsp3) is 0.0625. The minimum atomic E-state index is 0.455. The zero-order valence-electron chi connectivity index (χ0n) is 11.4. The van der Waals surface area contributed by atoms with E-state index in [-0.39, 0.29) is 0 Å². The van der Waals surface area contributed by atoms with Gasteiger partial charge in [0.15, 0.2) is 0 Å². The fourth-order valence-corrected chi connectivity index (χ4v) is 1.44. The van der Waals surface area contributed by atoms with Crippen LogP contribution in [0.2, 0.25) is 0 Å². The normalized spacial score (nSPS) is 24.4. The van der Waals surface area contributed by atoms with Gasteiger partial charge in [-0.05, 0) is 18.2 Å². The van der Waals surface area contributed by atoms with E-state index >= 15 is 0 Å². The van der Waals surface area contributed by atoms with Crippen molar-refractivity contribution in [1.29, 1.82) is 0 Å². The third-order valence-electron chi connectivity index (χ3n) is 2.37. The highest BCUT2D eigenvalue weighted by molar-refractivity contribution is 6.25. The fourth-order valence-electron chi connectivity index (χ4n) is 1.44. The van der Waals surface area contributed by atoms with E-state index in [1.807, 2.05) is 30.4 Å². The predicted molar refractivity (Wildman–Crippen MR) is 85.2 cm³/mol. The lowest BCUT2D eigenvalue weighted by molar-refractivity contribution is 0.269. The van der Waals surface area contributed by atoms with Crippen molar-refractivity contribution < 1.29 is 9.47 Å². The molecule has 106 valence electrons. The molecule has 5 heteroatoms. The van der Waals surface area contributed by atoms with Crippen molar-refractivity contribution in [2.75, 3.05) is 6.61 Å². The van der Waals surface area contributed by atoms with Gasteiger partial charge in [0.1, 0.15) is 31.7 Å². The van der Waals surface area contributed by atoms with Gasteiger partial charge in [-0.25, -0.2) is 9.98 Å². The third kappa shape index (κ3) is 5.69. The van der Waals surface area contributed by atoms with Crippen LogP contribution in [0.25, 0.3) is 0 Å². The van der Waals surface area contributed by atoms with Crippen LogP contribution in [-0.4, -0.2) is 24.9 Å². The van der Waals surface area contributed by atoms with Gasteiger partial charge >= 0.3 is 0 Å². The number of ether oxygens (including phenoxy) is 2. The van der Waals surface area contributed by atoms with E-state index in [1.54, 1.807) is 24.7 Å². The number of fused-ring (bicyclic) bond motifs is 1. The average molecular weight is 281 g/mol. The van der Waals surface area contributed by atoms with Crippen LogP contribution in [0.1, 0.15) is 0 Å². The molecular weight excluding hydrogens is 266 g/mol. The molecule has 21 heavy (non-hydrogen) atoms. The van der Waals surface area contributed by atoms with E-state index in [2.05, 4.69) is 15.0 Å². The molecule has 0 unspecified atom stereocenters. The average Bonchev–Trinajstić information content (AvgIpc) is 2.93. The summed E-state index contributed by atoms with van der Waals surface area (Å²) in [5.41, 5.74) is 1.73. The Bertz CT molecular complexity index is 603. The second-order valence-electron chi connectivity index (χ2n) is 3.83. The second kappa shape index (κ2) is 9.03. The first kappa shape index (κ1) is 14.5. The number of nitrogens with zero attached hydrogens (tertiary/aromatic N) is 3. The Kier molecular flexibility index (Phi) is 6.22. The summed E-state index contributed by atoms with van der Waals surface area (Å²) in [6.07, 6.45) is 22.0. The molecule has 0 saturated heterocycles. The molecule has 0 spiro atoms. The molecule has 1 heterocycles. The zero-order valence-corrected chi connectivity index (χ0v) is 11.4. The number of hydrogen-bond acceptors (Lipinski definition) is 5. The molecule has 0 aromatic rings. The lowest BCUT2D eigenvalue weighted by Gasteiger charge is -1.94. The summed E-state index contributed by atoms with van der Waals surface area (Å²) < 4.78 is 10.2. The number of rotatable bonds is 0. The Balaban J connectivity index is 2.08. The summed E-state index contributed by atoms with van der Waals surface area (Å²) >= 11 is 0. The molecular formula is C16H15N3O2. The summed E-state index contributed by atoms with van der Waals surface area (Å²) in [4.78, 5) is 12.4. The summed E-state index contributed by atoms with van der Waals surface area (Å²) in [5.74, 6) is 0. The van der Waals surface area contributed by atoms with Gasteiger partial charge in [0.25, 0.3) is 0 Å². The minimum Gasteiger partial charge on any atom is -0.494 e. The van der Waals surface area contributed by atoms with E-state index in [0.717, 1.165) is 11.3 Å². The van der Waals surface area contributed by atoms with Gasteiger partial charge < -0.3 is 9.47 Å². The largest absolute Gasteiger partial charge is 0.494 e. The standard InChI is InChI=1S/C16H15N3O2/c1-2-7-18-14-19-16-6-4-5-15(16)13-17-8-10-21-12-11-20-9-3-1/h1-8,10-14H,9H2/b3-1-,7-2-,10-8-,12-11-,17-13?,18-14?,19-16?. The molecule has 0 aromatic heterocycles. The van der Waals surface area contributed by atoms with Gasteiger partial charge in [-0.2, -0.15) is 0 Å². The Morgan fingerprint density at radius 1 is 0.952 bits per heavy atom. The third-order valence-corrected chi connectivity index (χ3v) is 2.37. The van der Waals surface area contributed by atoms with E-state index in [9.17, 15) is 0 Å². The van der Waals surface area contributed by atoms with Crippen molar-refractivity contribution in [2.24, 2.45) is 15.0 Å². The van der Waals surface area contributed by atoms with Gasteiger partial charge in [0.2, 0.25) is 0 Å². The van der Waals surface area contributed by atoms with Crippen LogP contribution in [0.15, 0.2) is 88.2 Å². The molecule has 0 saturated carbocycles. The van der Waals surface area contributed by atoms with Crippen molar-refractivity contribution >= 4 is 18.3 Å². The topological polar surface area (TPSA) is 55.5 Å². The van der Waals surface area contributed by atoms with Crippen LogP contribution in [0.3, 0.4) is 0 Å². The smallest absolute Gasteiger partial charge is 0.125 e. The maximum absolute atomic E-state index is 5.16. The Hall–Kier alpha value is -2.95. The maximum atomic E-state index is 5.16. The van der Waals surface area contributed by atoms with Gasteiger partial charge in [0.05, 0.1) is 11.9 Å². The molecule has 2 rings (SSSR count). The Morgan fingerprint density at radius 3 is 2.95 bits per heavy atom. The lowest BCUT2D eigenvalue weighted by atomic mass is 10.2. The highest BCUT2D eigenvalue weighted by atomic mass is 16.5. The van der Waals surface area contributed by atoms with E-state index in [0.29, 0.717) is 6.61 Å². The van der Waals surface area contributed by atoms with Crippen LogP contribution in [0.5, 0.6) is 0 Å². The van der Waals surface area contributed by atoms with Crippen LogP contribution < -0.4 is 0 Å². The van der Waals surface area contributed by atoms with Gasteiger partial charge in [0, 0.05) is 18.0 Å².